The van der Waals surface area contributed by atoms with Crippen LogP contribution in [0.1, 0.15) is 45.7 Å². The van der Waals surface area contributed by atoms with Crippen molar-refractivity contribution in [3.05, 3.63) is 155 Å². The smallest absolute Gasteiger partial charge is 0.331 e. The Bertz CT molecular complexity index is 2380. The highest BCUT2D eigenvalue weighted by molar-refractivity contribution is 5.74. The number of hydrogen-bond acceptors (Lipinski definition) is 16. The molecule has 7 atom stereocenters. The molecule has 1 aliphatic heterocycles. The largest absolute Gasteiger partial charge is 0.508 e. The second kappa shape index (κ2) is 22.9. The molecule has 7 rings (SSSR count). The molecular weight excluding hydrogens is 841 g/mol. The maximum atomic E-state index is 13.0. The number of benzene rings is 4. The molecule has 1 aliphatic rings. The van der Waals surface area contributed by atoms with Crippen molar-refractivity contribution in [2.45, 2.75) is 82.1 Å². The number of phenolic OH excluding ortho intramolecular Hbond substituents is 2. The topological polar surface area (TPSA) is 210 Å². The second-order valence-corrected chi connectivity index (χ2v) is 15.3. The third-order valence-electron chi connectivity index (χ3n) is 10.8. The van der Waals surface area contributed by atoms with Gasteiger partial charge in [-0.2, -0.15) is 0 Å². The summed E-state index contributed by atoms with van der Waals surface area (Å²) in [6, 6.07) is 30.7. The molecule has 3 heterocycles. The lowest BCUT2D eigenvalue weighted by atomic mass is 9.98. The van der Waals surface area contributed by atoms with E-state index in [9.17, 15) is 19.8 Å². The van der Waals surface area contributed by atoms with E-state index in [1.165, 1.54) is 30.7 Å². The Hall–Kier alpha value is -6.54. The van der Waals surface area contributed by atoms with Crippen LogP contribution in [-0.2, 0) is 86.8 Å². The van der Waals surface area contributed by atoms with Gasteiger partial charge in [0.15, 0.2) is 18.4 Å². The van der Waals surface area contributed by atoms with Crippen LogP contribution >= 0.6 is 0 Å². The first-order valence-electron chi connectivity index (χ1n) is 20.9. The van der Waals surface area contributed by atoms with Gasteiger partial charge in [-0.3, -0.25) is 0 Å². The molecule has 6 aromatic rings. The van der Waals surface area contributed by atoms with Gasteiger partial charge in [-0.25, -0.2) is 19.0 Å². The van der Waals surface area contributed by atoms with Crippen LogP contribution in [0.3, 0.4) is 0 Å². The van der Waals surface area contributed by atoms with E-state index >= 15 is 0 Å². The molecule has 18 nitrogen and oxygen atoms in total. The summed E-state index contributed by atoms with van der Waals surface area (Å²) in [5, 5.41) is 36.7. The summed E-state index contributed by atoms with van der Waals surface area (Å²) in [4.78, 5) is 26.0. The van der Waals surface area contributed by atoms with E-state index in [0.717, 1.165) is 22.3 Å². The van der Waals surface area contributed by atoms with E-state index in [-0.39, 0.29) is 50.8 Å². The monoisotopic (exact) mass is 892 g/mol. The summed E-state index contributed by atoms with van der Waals surface area (Å²) in [5.74, 6) is -0.852. The molecule has 0 aliphatic carbocycles. The van der Waals surface area contributed by atoms with Gasteiger partial charge < -0.3 is 48.1 Å². The molecule has 1 saturated heterocycles. The third kappa shape index (κ3) is 12.6. The zero-order chi connectivity index (χ0) is 45.5. The van der Waals surface area contributed by atoms with Gasteiger partial charge in [-0.05, 0) is 46.5 Å². The van der Waals surface area contributed by atoms with E-state index in [4.69, 9.17) is 37.9 Å². The number of carbonyl (C=O) groups excluding carboxylic acids is 2. The van der Waals surface area contributed by atoms with Crippen molar-refractivity contribution >= 4 is 11.9 Å². The molecule has 18 heteroatoms. The van der Waals surface area contributed by atoms with E-state index in [0.29, 0.717) is 18.0 Å². The molecule has 0 radical (unpaired) electrons. The lowest BCUT2D eigenvalue weighted by Gasteiger charge is -2.45. The first kappa shape index (κ1) is 46.5. The molecule has 0 amide bonds. The summed E-state index contributed by atoms with van der Waals surface area (Å²) in [6.45, 7) is 0.436. The quantitative estimate of drug-likeness (QED) is 0.0874. The van der Waals surface area contributed by atoms with Crippen LogP contribution in [0, 0.1) is 0 Å². The normalized spacial score (nSPS) is 19.3. The van der Waals surface area contributed by atoms with Crippen molar-refractivity contribution in [3.63, 3.8) is 0 Å². The van der Waals surface area contributed by atoms with Gasteiger partial charge >= 0.3 is 11.9 Å². The minimum Gasteiger partial charge on any atom is -0.508 e. The standard InChI is InChI=1S/C47H52N6O12/c1-58-45(56)39(22-31-14-18-37(54)19-15-31)52-24-35(48-50-52)28-63-43-42(62-27-34-12-8-5-9-13-34)41(30-61-26-33-10-6-4-7-11-33)65-47(60-3)44(43)64-29-36-25-53(51-49-36)40(46(57)59-2)23-32-16-20-38(55)21-17-32/h4-21,24-25,39-44,47,54-55H,22-23,26-30H2,1-3H3/t39-,40-,41+,42+,43-,44+,47-/m0/s1. The fraction of sp³-hybridized carbons (Fsp3) is 0.362. The molecule has 0 spiro atoms. The number of aromatic hydroxyl groups is 2. The van der Waals surface area contributed by atoms with E-state index < -0.39 is 54.7 Å². The van der Waals surface area contributed by atoms with Gasteiger partial charge in [0.1, 0.15) is 47.3 Å². The Balaban J connectivity index is 1.15. The molecule has 4 aromatic carbocycles. The SMILES string of the molecule is COC(=O)[C@H](Cc1ccc(O)cc1)n1cc(CO[C@@H]2[C@@H](OCc3cn([C@@H](Cc4ccc(O)cc4)C(=O)OC)nn3)[C@@H](OC)O[C@H](COCc3ccccc3)[C@H]2OCc2ccccc2)nn1. The summed E-state index contributed by atoms with van der Waals surface area (Å²) in [7, 11) is 4.10. The van der Waals surface area contributed by atoms with Crippen molar-refractivity contribution in [1.82, 2.24) is 30.0 Å². The number of nitrogens with zero attached hydrogens (tertiary/aromatic N) is 6. The zero-order valence-electron chi connectivity index (χ0n) is 36.2. The molecule has 65 heavy (non-hydrogen) atoms. The maximum absolute atomic E-state index is 13.0. The van der Waals surface area contributed by atoms with E-state index in [1.807, 2.05) is 60.7 Å². The van der Waals surface area contributed by atoms with Crippen LogP contribution in [0.4, 0.5) is 0 Å². The fourth-order valence-corrected chi connectivity index (χ4v) is 7.38. The highest BCUT2D eigenvalue weighted by atomic mass is 16.7. The van der Waals surface area contributed by atoms with Crippen molar-refractivity contribution in [2.75, 3.05) is 27.9 Å². The molecule has 2 aromatic heterocycles. The van der Waals surface area contributed by atoms with Crippen LogP contribution in [0.2, 0.25) is 0 Å². The van der Waals surface area contributed by atoms with Gasteiger partial charge in [-0.1, -0.05) is 95.4 Å². The van der Waals surface area contributed by atoms with Gasteiger partial charge in [-0.15, -0.1) is 10.2 Å². The van der Waals surface area contributed by atoms with Gasteiger partial charge in [0, 0.05) is 20.0 Å². The van der Waals surface area contributed by atoms with Crippen molar-refractivity contribution in [2.24, 2.45) is 0 Å². The Morgan fingerprint density at radius 2 is 1.05 bits per heavy atom. The molecule has 1 fully saturated rings. The molecule has 0 bridgehead atoms. The number of hydrogen-bond donors (Lipinski definition) is 2. The van der Waals surface area contributed by atoms with Gasteiger partial charge in [0.2, 0.25) is 0 Å². The first-order chi connectivity index (χ1) is 31.7. The van der Waals surface area contributed by atoms with E-state index in [1.54, 1.807) is 60.9 Å². The molecule has 0 unspecified atom stereocenters. The average Bonchev–Trinajstić information content (AvgIpc) is 4.02. The third-order valence-corrected chi connectivity index (χ3v) is 10.8. The molecule has 2 N–H and O–H groups in total. The molecular formula is C47H52N6O12. The number of methoxy groups -OCH3 is 3. The van der Waals surface area contributed by atoms with Crippen LogP contribution in [0.15, 0.2) is 122 Å². The van der Waals surface area contributed by atoms with E-state index in [2.05, 4.69) is 20.6 Å². The van der Waals surface area contributed by atoms with Gasteiger partial charge in [0.25, 0.3) is 0 Å². The number of rotatable bonds is 22. The summed E-state index contributed by atoms with van der Waals surface area (Å²) in [6.07, 6.45) is -0.637. The number of esters is 2. The van der Waals surface area contributed by atoms with Crippen molar-refractivity contribution < 1.29 is 57.7 Å². The lowest BCUT2D eigenvalue weighted by molar-refractivity contribution is -0.323. The van der Waals surface area contributed by atoms with Crippen LogP contribution in [0.25, 0.3) is 0 Å². The molecule has 0 saturated carbocycles. The Kier molecular flexibility index (Phi) is 16.4. The Labute approximate surface area is 375 Å². The van der Waals surface area contributed by atoms with Crippen molar-refractivity contribution in [1.29, 1.82) is 0 Å². The lowest BCUT2D eigenvalue weighted by Crippen LogP contribution is -2.61. The summed E-state index contributed by atoms with van der Waals surface area (Å²) in [5.41, 5.74) is 4.22. The number of ether oxygens (including phenoxy) is 8. The minimum atomic E-state index is -0.987. The highest BCUT2D eigenvalue weighted by Gasteiger charge is 2.49. The predicted molar refractivity (Wildman–Crippen MR) is 230 cm³/mol. The molecule has 342 valence electrons. The maximum Gasteiger partial charge on any atom is 0.331 e. The fourth-order valence-electron chi connectivity index (χ4n) is 7.38. The number of phenols is 2. The predicted octanol–water partition coefficient (Wildman–Crippen LogP) is 4.84. The zero-order valence-corrected chi connectivity index (χ0v) is 36.2. The summed E-state index contributed by atoms with van der Waals surface area (Å²) < 4.78 is 51.7. The van der Waals surface area contributed by atoms with Crippen molar-refractivity contribution in [3.8, 4) is 11.5 Å². The first-order valence-corrected chi connectivity index (χ1v) is 20.9. The Morgan fingerprint density at radius 1 is 0.585 bits per heavy atom. The Morgan fingerprint density at radius 3 is 1.52 bits per heavy atom. The van der Waals surface area contributed by atoms with Crippen LogP contribution in [-0.4, -0.2) is 111 Å². The number of carbonyl (C=O) groups is 2. The number of aromatic nitrogens is 6. The average molecular weight is 893 g/mol. The highest BCUT2D eigenvalue weighted by Crippen LogP contribution is 2.32. The van der Waals surface area contributed by atoms with Crippen LogP contribution in [0.5, 0.6) is 11.5 Å². The minimum absolute atomic E-state index is 0.0922. The second-order valence-electron chi connectivity index (χ2n) is 15.3. The summed E-state index contributed by atoms with van der Waals surface area (Å²) >= 11 is 0. The van der Waals surface area contributed by atoms with Gasteiger partial charge in [0.05, 0.1) is 59.6 Å². The van der Waals surface area contributed by atoms with Crippen LogP contribution < -0.4 is 0 Å².